The molecule has 1 fully saturated rings. The molecule has 0 atom stereocenters. The SMILES string of the molecule is Cn1nnc2cc(C(=O)N3CCC(C(=O)N4CCc5ccccc54)CC3)ccc21. The van der Waals surface area contributed by atoms with E-state index >= 15 is 0 Å². The molecule has 148 valence electrons. The van der Waals surface area contributed by atoms with Crippen LogP contribution in [0.4, 0.5) is 5.69 Å². The highest BCUT2D eigenvalue weighted by molar-refractivity contribution is 5.99. The highest BCUT2D eigenvalue weighted by Crippen LogP contribution is 2.31. The Kier molecular flexibility index (Phi) is 4.30. The van der Waals surface area contributed by atoms with Crippen LogP contribution in [0, 0.1) is 5.92 Å². The van der Waals surface area contributed by atoms with Crippen molar-refractivity contribution in [2.45, 2.75) is 19.3 Å². The van der Waals surface area contributed by atoms with Gasteiger partial charge in [-0.25, -0.2) is 4.68 Å². The first-order valence-electron chi connectivity index (χ1n) is 10.1. The number of likely N-dealkylation sites (tertiary alicyclic amines) is 1. The number of nitrogens with zero attached hydrogens (tertiary/aromatic N) is 5. The summed E-state index contributed by atoms with van der Waals surface area (Å²) in [6.45, 7) is 1.96. The topological polar surface area (TPSA) is 71.3 Å². The second kappa shape index (κ2) is 6.99. The van der Waals surface area contributed by atoms with Crippen LogP contribution < -0.4 is 4.90 Å². The van der Waals surface area contributed by atoms with Gasteiger partial charge in [-0.2, -0.15) is 0 Å². The maximum absolute atomic E-state index is 13.1. The first-order valence-corrected chi connectivity index (χ1v) is 10.1. The Bertz CT molecular complexity index is 1100. The lowest BCUT2D eigenvalue weighted by Gasteiger charge is -2.33. The van der Waals surface area contributed by atoms with E-state index in [0.29, 0.717) is 31.5 Å². The normalized spacial score (nSPS) is 17.0. The summed E-state index contributed by atoms with van der Waals surface area (Å²) in [7, 11) is 1.83. The fourth-order valence-electron chi connectivity index (χ4n) is 4.47. The predicted octanol–water partition coefficient (Wildman–Crippen LogP) is 2.41. The third-order valence-electron chi connectivity index (χ3n) is 6.14. The van der Waals surface area contributed by atoms with Crippen LogP contribution in [-0.2, 0) is 18.3 Å². The molecule has 0 bridgehead atoms. The monoisotopic (exact) mass is 389 g/mol. The van der Waals surface area contributed by atoms with Crippen molar-refractivity contribution in [3.63, 3.8) is 0 Å². The van der Waals surface area contributed by atoms with E-state index in [1.165, 1.54) is 5.56 Å². The number of amides is 2. The molecule has 3 heterocycles. The average molecular weight is 389 g/mol. The molecule has 1 saturated heterocycles. The lowest BCUT2D eigenvalue weighted by atomic mass is 9.94. The van der Waals surface area contributed by atoms with E-state index in [2.05, 4.69) is 16.4 Å². The standard InChI is InChI=1S/C22H23N5O2/c1-25-20-7-6-17(14-18(20)23-24-25)21(28)26-11-8-16(9-12-26)22(29)27-13-10-15-4-2-3-5-19(15)27/h2-7,14,16H,8-13H2,1H3. The second-order valence-corrected chi connectivity index (χ2v) is 7.85. The summed E-state index contributed by atoms with van der Waals surface area (Å²) >= 11 is 0. The van der Waals surface area contributed by atoms with Gasteiger partial charge in [-0.05, 0) is 49.1 Å². The van der Waals surface area contributed by atoms with Crippen molar-refractivity contribution in [1.29, 1.82) is 0 Å². The van der Waals surface area contributed by atoms with E-state index in [1.807, 2.05) is 47.2 Å². The summed E-state index contributed by atoms with van der Waals surface area (Å²) in [6, 6.07) is 13.6. The summed E-state index contributed by atoms with van der Waals surface area (Å²) in [6.07, 6.45) is 2.33. The number of carbonyl (C=O) groups is 2. The molecule has 29 heavy (non-hydrogen) atoms. The minimum Gasteiger partial charge on any atom is -0.339 e. The molecular weight excluding hydrogens is 366 g/mol. The Morgan fingerprint density at radius 1 is 1.03 bits per heavy atom. The summed E-state index contributed by atoms with van der Waals surface area (Å²) in [5, 5.41) is 8.09. The van der Waals surface area contributed by atoms with Gasteiger partial charge in [0.1, 0.15) is 5.52 Å². The van der Waals surface area contributed by atoms with Crippen LogP contribution in [-0.4, -0.2) is 51.3 Å². The van der Waals surface area contributed by atoms with Gasteiger partial charge in [0.15, 0.2) is 0 Å². The molecule has 2 amide bonds. The Labute approximate surface area is 168 Å². The Balaban J connectivity index is 1.25. The van der Waals surface area contributed by atoms with Gasteiger partial charge in [-0.15, -0.1) is 5.10 Å². The number of rotatable bonds is 2. The van der Waals surface area contributed by atoms with Gasteiger partial charge in [0, 0.05) is 43.9 Å². The van der Waals surface area contributed by atoms with Crippen LogP contribution in [0.1, 0.15) is 28.8 Å². The van der Waals surface area contributed by atoms with Crippen molar-refractivity contribution >= 4 is 28.5 Å². The average Bonchev–Trinajstić information content (AvgIpc) is 3.36. The molecule has 7 heteroatoms. The van der Waals surface area contributed by atoms with Crippen molar-refractivity contribution < 1.29 is 9.59 Å². The van der Waals surface area contributed by atoms with Gasteiger partial charge < -0.3 is 9.80 Å². The summed E-state index contributed by atoms with van der Waals surface area (Å²) < 4.78 is 1.69. The first kappa shape index (κ1) is 17.8. The van der Waals surface area contributed by atoms with Crippen LogP contribution in [0.15, 0.2) is 42.5 Å². The number of hydrogen-bond acceptors (Lipinski definition) is 4. The molecule has 2 aliphatic heterocycles. The molecular formula is C22H23N5O2. The number of benzene rings is 2. The highest BCUT2D eigenvalue weighted by Gasteiger charge is 2.33. The number of carbonyl (C=O) groups excluding carboxylic acids is 2. The van der Waals surface area contributed by atoms with Gasteiger partial charge in [-0.1, -0.05) is 23.4 Å². The van der Waals surface area contributed by atoms with E-state index in [1.54, 1.807) is 10.7 Å². The number of aryl methyl sites for hydroxylation is 1. The summed E-state index contributed by atoms with van der Waals surface area (Å²) in [5.41, 5.74) is 4.53. The largest absolute Gasteiger partial charge is 0.339 e. The summed E-state index contributed by atoms with van der Waals surface area (Å²) in [4.78, 5) is 29.8. The van der Waals surface area contributed by atoms with E-state index in [0.717, 1.165) is 29.7 Å². The number of piperidine rings is 1. The van der Waals surface area contributed by atoms with Crippen molar-refractivity contribution in [2.24, 2.45) is 13.0 Å². The molecule has 3 aromatic rings. The van der Waals surface area contributed by atoms with Crippen molar-refractivity contribution in [3.05, 3.63) is 53.6 Å². The molecule has 0 aliphatic carbocycles. The smallest absolute Gasteiger partial charge is 0.253 e. The number of aromatic nitrogens is 3. The zero-order chi connectivity index (χ0) is 20.0. The van der Waals surface area contributed by atoms with Crippen LogP contribution >= 0.6 is 0 Å². The van der Waals surface area contributed by atoms with Crippen LogP contribution in [0.25, 0.3) is 11.0 Å². The first-order chi connectivity index (χ1) is 14.1. The second-order valence-electron chi connectivity index (χ2n) is 7.85. The van der Waals surface area contributed by atoms with Gasteiger partial charge in [0.2, 0.25) is 5.91 Å². The van der Waals surface area contributed by atoms with E-state index in [-0.39, 0.29) is 17.7 Å². The van der Waals surface area contributed by atoms with Crippen molar-refractivity contribution in [3.8, 4) is 0 Å². The molecule has 0 saturated carbocycles. The molecule has 1 aromatic heterocycles. The molecule has 7 nitrogen and oxygen atoms in total. The van der Waals surface area contributed by atoms with Crippen LogP contribution in [0.5, 0.6) is 0 Å². The van der Waals surface area contributed by atoms with Gasteiger partial charge in [0.05, 0.1) is 5.52 Å². The molecule has 2 aliphatic rings. The quantitative estimate of drug-likeness (QED) is 0.675. The van der Waals surface area contributed by atoms with Crippen molar-refractivity contribution in [1.82, 2.24) is 19.9 Å². The Hall–Kier alpha value is -3.22. The third kappa shape index (κ3) is 3.06. The number of hydrogen-bond donors (Lipinski definition) is 0. The fraction of sp³-hybridized carbons (Fsp3) is 0.364. The third-order valence-corrected chi connectivity index (χ3v) is 6.14. The number of para-hydroxylation sites is 1. The Morgan fingerprint density at radius 3 is 2.66 bits per heavy atom. The molecule has 2 aromatic carbocycles. The molecule has 0 spiro atoms. The van der Waals surface area contributed by atoms with E-state index in [4.69, 9.17) is 0 Å². The van der Waals surface area contributed by atoms with Gasteiger partial charge in [0.25, 0.3) is 5.91 Å². The van der Waals surface area contributed by atoms with E-state index in [9.17, 15) is 9.59 Å². The molecule has 0 unspecified atom stereocenters. The predicted molar refractivity (Wildman–Crippen MR) is 110 cm³/mol. The minimum absolute atomic E-state index is 0.00466. The number of fused-ring (bicyclic) bond motifs is 2. The Morgan fingerprint density at radius 2 is 1.83 bits per heavy atom. The van der Waals surface area contributed by atoms with E-state index < -0.39 is 0 Å². The molecule has 0 N–H and O–H groups in total. The molecule has 5 rings (SSSR count). The molecule has 0 radical (unpaired) electrons. The minimum atomic E-state index is -0.0207. The number of anilines is 1. The lowest BCUT2D eigenvalue weighted by Crippen LogP contribution is -2.44. The summed E-state index contributed by atoms with van der Waals surface area (Å²) in [5.74, 6) is 0.172. The lowest BCUT2D eigenvalue weighted by molar-refractivity contribution is -0.123. The maximum atomic E-state index is 13.1. The highest BCUT2D eigenvalue weighted by atomic mass is 16.2. The zero-order valence-electron chi connectivity index (χ0n) is 16.4. The van der Waals surface area contributed by atoms with Crippen molar-refractivity contribution in [2.75, 3.05) is 24.5 Å². The van der Waals surface area contributed by atoms with Crippen LogP contribution in [0.2, 0.25) is 0 Å². The van der Waals surface area contributed by atoms with Crippen LogP contribution in [0.3, 0.4) is 0 Å². The van der Waals surface area contributed by atoms with Gasteiger partial charge >= 0.3 is 0 Å². The zero-order valence-corrected chi connectivity index (χ0v) is 16.4. The van der Waals surface area contributed by atoms with Gasteiger partial charge in [-0.3, -0.25) is 9.59 Å². The maximum Gasteiger partial charge on any atom is 0.253 e. The fourth-order valence-corrected chi connectivity index (χ4v) is 4.47.